The summed E-state index contributed by atoms with van der Waals surface area (Å²) >= 11 is 4.40. The summed E-state index contributed by atoms with van der Waals surface area (Å²) < 4.78 is 48.8. The fourth-order valence-electron chi connectivity index (χ4n) is 7.96. The van der Waals surface area contributed by atoms with Crippen LogP contribution in [-0.2, 0) is 49.8 Å². The number of hydrogen-bond acceptors (Lipinski definition) is 14. The lowest BCUT2D eigenvalue weighted by molar-refractivity contribution is -0.164. The molecule has 17 nitrogen and oxygen atoms in total. The summed E-state index contributed by atoms with van der Waals surface area (Å²) in [6.45, 7) is 6.40. The third kappa shape index (κ3) is 14.3. The van der Waals surface area contributed by atoms with Crippen molar-refractivity contribution in [3.8, 4) is 17.2 Å². The second-order valence-electron chi connectivity index (χ2n) is 17.6. The highest BCUT2D eigenvalue weighted by atomic mass is 32.2. The van der Waals surface area contributed by atoms with Gasteiger partial charge >= 0.3 is 5.97 Å². The monoisotopic (exact) mass is 978 g/mol. The van der Waals surface area contributed by atoms with Gasteiger partial charge in [0.05, 0.1) is 20.0 Å². The third-order valence-electron chi connectivity index (χ3n) is 12.3. The van der Waals surface area contributed by atoms with Gasteiger partial charge in [-0.3, -0.25) is 28.8 Å². The van der Waals surface area contributed by atoms with Crippen LogP contribution < -0.4 is 24.8 Å². The molecule has 0 aliphatic carbocycles. The van der Waals surface area contributed by atoms with E-state index in [1.165, 1.54) is 49.1 Å². The molecule has 2 saturated heterocycles. The average molecular weight is 979 g/mol. The van der Waals surface area contributed by atoms with Crippen molar-refractivity contribution in [2.24, 2.45) is 5.41 Å². The zero-order chi connectivity index (χ0) is 49.8. The number of likely N-dealkylation sites (tertiary alicyclic amines) is 2. The molecule has 0 saturated carbocycles. The van der Waals surface area contributed by atoms with Gasteiger partial charge in [-0.1, -0.05) is 51.1 Å². The Morgan fingerprint density at radius 2 is 1.63 bits per heavy atom. The number of amides is 4. The van der Waals surface area contributed by atoms with Gasteiger partial charge in [0.15, 0.2) is 33.7 Å². The van der Waals surface area contributed by atoms with E-state index in [4.69, 9.17) is 18.9 Å². The number of carbonyl (C=O) groups excluding carboxylic acids is 7. The molecule has 4 amide bonds. The van der Waals surface area contributed by atoms with Crippen molar-refractivity contribution < 1.29 is 60.9 Å². The van der Waals surface area contributed by atoms with E-state index in [0.29, 0.717) is 68.6 Å². The van der Waals surface area contributed by atoms with Gasteiger partial charge in [-0.25, -0.2) is 13.2 Å². The zero-order valence-electron chi connectivity index (χ0n) is 39.4. The number of ketones is 2. The van der Waals surface area contributed by atoms with Crippen LogP contribution in [-0.4, -0.2) is 129 Å². The second kappa shape index (κ2) is 23.9. The Balaban J connectivity index is 1.19. The summed E-state index contributed by atoms with van der Waals surface area (Å²) in [7, 11) is -0.924. The lowest BCUT2D eigenvalue weighted by Crippen LogP contribution is -2.53. The summed E-state index contributed by atoms with van der Waals surface area (Å²) in [6, 6.07) is 16.3. The van der Waals surface area contributed by atoms with Crippen molar-refractivity contribution in [2.75, 3.05) is 57.3 Å². The second-order valence-corrected chi connectivity index (χ2v) is 20.5. The van der Waals surface area contributed by atoms with Gasteiger partial charge in [0.25, 0.3) is 11.8 Å². The van der Waals surface area contributed by atoms with Gasteiger partial charge in [-0.05, 0) is 92.5 Å². The fourth-order valence-corrected chi connectivity index (χ4v) is 9.46. The Hall–Kier alpha value is -5.95. The number of esters is 1. The largest absolute Gasteiger partial charge is 0.493 e. The first kappa shape index (κ1) is 53.0. The van der Waals surface area contributed by atoms with E-state index < -0.39 is 86.8 Å². The SMILES string of the molecule is CCC(C)(C)C(=O)C(=O)N1CCCC[C@H]1C(=O)O[C@H](CCc1ccc(OC)c(OC)c1)c1cccc(OCC(=O)NCCS(=O)(=O)CC(=O)c2cccc(NC(=O)[C@@H]3C[C@H](S)CN3C(C)=O)c2)c1. The van der Waals surface area contributed by atoms with Gasteiger partial charge < -0.3 is 39.4 Å². The minimum absolute atomic E-state index is 0.0556. The first-order chi connectivity index (χ1) is 32.2. The zero-order valence-corrected chi connectivity index (χ0v) is 41.1. The molecule has 2 heterocycles. The van der Waals surface area contributed by atoms with Crippen LogP contribution in [0, 0.1) is 5.41 Å². The molecule has 0 spiro atoms. The van der Waals surface area contributed by atoms with Crippen molar-refractivity contribution in [1.29, 1.82) is 0 Å². The van der Waals surface area contributed by atoms with Gasteiger partial charge in [-0.2, -0.15) is 12.6 Å². The number of anilines is 1. The Bertz CT molecular complexity index is 2460. The Morgan fingerprint density at radius 3 is 2.34 bits per heavy atom. The maximum absolute atomic E-state index is 14.0. The van der Waals surface area contributed by atoms with Crippen LogP contribution in [0.2, 0.25) is 0 Å². The first-order valence-corrected chi connectivity index (χ1v) is 25.0. The topological polar surface area (TPSA) is 221 Å². The highest BCUT2D eigenvalue weighted by Gasteiger charge is 2.41. The number of aryl methyl sites for hydroxylation is 1. The highest BCUT2D eigenvalue weighted by molar-refractivity contribution is 7.92. The minimum atomic E-state index is -3.99. The lowest BCUT2D eigenvalue weighted by Gasteiger charge is -2.36. The molecule has 0 unspecified atom stereocenters. The van der Waals surface area contributed by atoms with E-state index in [9.17, 15) is 42.0 Å². The van der Waals surface area contributed by atoms with Crippen molar-refractivity contribution in [3.05, 3.63) is 83.4 Å². The van der Waals surface area contributed by atoms with Crippen LogP contribution in [0.25, 0.3) is 0 Å². The van der Waals surface area contributed by atoms with Gasteiger partial charge in [0.2, 0.25) is 17.6 Å². The molecule has 0 aromatic heterocycles. The molecular formula is C49H62N4O13S2. The fraction of sp³-hybridized carbons (Fsp3) is 0.490. The number of sulfone groups is 1. The molecule has 19 heteroatoms. The Kier molecular flexibility index (Phi) is 18.6. The van der Waals surface area contributed by atoms with Crippen LogP contribution in [0.5, 0.6) is 17.2 Å². The van der Waals surface area contributed by atoms with Crippen LogP contribution >= 0.6 is 12.6 Å². The van der Waals surface area contributed by atoms with Crippen molar-refractivity contribution in [2.45, 2.75) is 96.1 Å². The average Bonchev–Trinajstić information content (AvgIpc) is 3.73. The number of nitrogens with zero attached hydrogens (tertiary/aromatic N) is 2. The molecule has 0 bridgehead atoms. The Labute approximate surface area is 403 Å². The lowest BCUT2D eigenvalue weighted by atomic mass is 9.84. The molecule has 2 aliphatic rings. The molecule has 5 rings (SSSR count). The van der Waals surface area contributed by atoms with E-state index in [1.807, 2.05) is 19.1 Å². The maximum Gasteiger partial charge on any atom is 0.329 e. The number of piperidine rings is 1. The molecule has 3 aromatic carbocycles. The van der Waals surface area contributed by atoms with E-state index in [0.717, 1.165) is 5.56 Å². The van der Waals surface area contributed by atoms with E-state index in [1.54, 1.807) is 50.2 Å². The number of carbonyl (C=O) groups is 7. The van der Waals surface area contributed by atoms with Gasteiger partial charge in [0.1, 0.15) is 29.7 Å². The number of methoxy groups -OCH3 is 2. The highest BCUT2D eigenvalue weighted by Crippen LogP contribution is 2.33. The predicted octanol–water partition coefficient (Wildman–Crippen LogP) is 4.96. The van der Waals surface area contributed by atoms with Gasteiger partial charge in [0, 0.05) is 48.5 Å². The minimum Gasteiger partial charge on any atom is -0.493 e. The molecule has 368 valence electrons. The van der Waals surface area contributed by atoms with E-state index in [2.05, 4.69) is 23.3 Å². The number of rotatable bonds is 22. The van der Waals surface area contributed by atoms with E-state index >= 15 is 0 Å². The molecule has 0 radical (unpaired) electrons. The number of thiol groups is 1. The van der Waals surface area contributed by atoms with Gasteiger partial charge in [-0.15, -0.1) is 0 Å². The quantitative estimate of drug-likeness (QED) is 0.0526. The summed E-state index contributed by atoms with van der Waals surface area (Å²) in [5, 5.41) is 5.05. The first-order valence-electron chi connectivity index (χ1n) is 22.6. The number of nitrogens with one attached hydrogen (secondary N) is 2. The third-order valence-corrected chi connectivity index (χ3v) is 14.2. The number of hydrogen-bond donors (Lipinski definition) is 3. The van der Waals surface area contributed by atoms with Crippen LogP contribution in [0.1, 0.15) is 93.8 Å². The summed E-state index contributed by atoms with van der Waals surface area (Å²) in [4.78, 5) is 94.4. The Morgan fingerprint density at radius 1 is 0.897 bits per heavy atom. The predicted molar refractivity (Wildman–Crippen MR) is 257 cm³/mol. The molecule has 2 aliphatic heterocycles. The normalized spacial score (nSPS) is 17.7. The van der Waals surface area contributed by atoms with Crippen LogP contribution in [0.3, 0.4) is 0 Å². The number of benzene rings is 3. The molecule has 4 atom stereocenters. The summed E-state index contributed by atoms with van der Waals surface area (Å²) in [5.41, 5.74) is 0.829. The summed E-state index contributed by atoms with van der Waals surface area (Å²) in [6.07, 6.45) is 2.34. The number of Topliss-reactive ketones (excluding diaryl/α,β-unsaturated/α-hetero) is 2. The summed E-state index contributed by atoms with van der Waals surface area (Å²) in [5.74, 6) is -4.01. The molecule has 68 heavy (non-hydrogen) atoms. The van der Waals surface area contributed by atoms with Crippen molar-refractivity contribution >= 4 is 69.3 Å². The molecular weight excluding hydrogens is 917 g/mol. The molecule has 3 aromatic rings. The van der Waals surface area contributed by atoms with Crippen LogP contribution in [0.15, 0.2) is 66.7 Å². The smallest absolute Gasteiger partial charge is 0.329 e. The van der Waals surface area contributed by atoms with Crippen molar-refractivity contribution in [3.63, 3.8) is 0 Å². The molecule has 2 fully saturated rings. The standard InChI is InChI=1S/C49H62N4O13S2/c1-7-49(3,4)45(57)47(59)52-22-9-8-16-38(52)48(60)66-41(19-17-32-18-20-42(63-5)43(24-32)64-6)34-13-11-15-36(26-34)65-29-44(56)50-21-23-68(61,62)30-40(55)33-12-10-14-35(25-33)51-46(58)39-27-37(67)28-53(39)31(2)54/h10-15,18,20,24-26,37-39,41,67H,7-9,16-17,19,21-23,27-30H2,1-6H3,(H,50,56)(H,51,58)/t37-,38-,39-,41+/m0/s1. The molecule has 2 N–H and O–H groups in total. The number of ether oxygens (including phenoxy) is 4. The van der Waals surface area contributed by atoms with Crippen molar-refractivity contribution in [1.82, 2.24) is 15.1 Å². The van der Waals surface area contributed by atoms with E-state index in [-0.39, 0.29) is 41.2 Å². The maximum atomic E-state index is 14.0. The van der Waals surface area contributed by atoms with Crippen LogP contribution in [0.4, 0.5) is 5.69 Å².